The van der Waals surface area contributed by atoms with Crippen molar-refractivity contribution in [3.63, 3.8) is 0 Å². The molecule has 1 saturated heterocycles. The Labute approximate surface area is 125 Å². The van der Waals surface area contributed by atoms with E-state index in [4.69, 9.17) is 10.5 Å². The summed E-state index contributed by atoms with van der Waals surface area (Å²) in [7, 11) is 1.74. The molecule has 0 spiro atoms. The second kappa shape index (κ2) is 6.98. The van der Waals surface area contributed by atoms with Gasteiger partial charge in [-0.25, -0.2) is 0 Å². The monoisotopic (exact) mass is 293 g/mol. The molecule has 21 heavy (non-hydrogen) atoms. The first kappa shape index (κ1) is 15.9. The summed E-state index contributed by atoms with van der Waals surface area (Å²) in [6, 6.07) is 7.26. The van der Waals surface area contributed by atoms with Gasteiger partial charge in [-0.15, -0.1) is 0 Å². The first-order valence-corrected chi connectivity index (χ1v) is 7.29. The van der Waals surface area contributed by atoms with E-state index in [9.17, 15) is 10.1 Å². The van der Waals surface area contributed by atoms with Gasteiger partial charge in [0.1, 0.15) is 0 Å². The number of nitro groups is 1. The fourth-order valence-electron chi connectivity index (χ4n) is 3.05. The summed E-state index contributed by atoms with van der Waals surface area (Å²) in [5.41, 5.74) is 7.11. The van der Waals surface area contributed by atoms with Gasteiger partial charge in [-0.1, -0.05) is 12.1 Å². The summed E-state index contributed by atoms with van der Waals surface area (Å²) in [6.07, 6.45) is 2.20. The van der Waals surface area contributed by atoms with E-state index < -0.39 is 0 Å². The molecule has 1 aromatic carbocycles. The van der Waals surface area contributed by atoms with Crippen LogP contribution in [0.2, 0.25) is 0 Å². The van der Waals surface area contributed by atoms with E-state index in [2.05, 4.69) is 11.8 Å². The van der Waals surface area contributed by atoms with Crippen LogP contribution in [0.1, 0.15) is 31.4 Å². The molecule has 1 fully saturated rings. The number of benzene rings is 1. The van der Waals surface area contributed by atoms with Crippen molar-refractivity contribution in [2.75, 3.05) is 20.2 Å². The smallest absolute Gasteiger partial charge is 0.269 e. The van der Waals surface area contributed by atoms with Gasteiger partial charge >= 0.3 is 0 Å². The first-order chi connectivity index (χ1) is 10.1. The number of non-ortho nitro benzene ring substituents is 1. The van der Waals surface area contributed by atoms with Crippen molar-refractivity contribution >= 4 is 5.69 Å². The minimum Gasteiger partial charge on any atom is -0.381 e. The summed E-state index contributed by atoms with van der Waals surface area (Å²) in [6.45, 7) is 3.65. The topological polar surface area (TPSA) is 81.6 Å². The first-order valence-electron chi connectivity index (χ1n) is 7.29. The van der Waals surface area contributed by atoms with Gasteiger partial charge in [-0.3, -0.25) is 15.0 Å². The van der Waals surface area contributed by atoms with E-state index in [0.29, 0.717) is 6.54 Å². The van der Waals surface area contributed by atoms with E-state index >= 15 is 0 Å². The fourth-order valence-corrected chi connectivity index (χ4v) is 3.05. The SMILES string of the molecule is COC1CCN(C(C)c2ccc([N+](=O)[O-])cc2)C(CN)C1. The van der Waals surface area contributed by atoms with Crippen molar-refractivity contribution in [1.29, 1.82) is 0 Å². The average Bonchev–Trinajstić information content (AvgIpc) is 2.53. The standard InChI is InChI=1S/C15H23N3O3/c1-11(12-3-5-13(6-4-12)18(19)20)17-8-7-15(21-2)9-14(17)10-16/h3-6,11,14-15H,7-10,16H2,1-2H3. The van der Waals surface area contributed by atoms with E-state index in [1.807, 2.05) is 12.1 Å². The second-order valence-corrected chi connectivity index (χ2v) is 5.53. The molecule has 0 aromatic heterocycles. The number of hydrogen-bond donors (Lipinski definition) is 1. The Morgan fingerprint density at radius 3 is 2.67 bits per heavy atom. The van der Waals surface area contributed by atoms with Gasteiger partial charge in [0.05, 0.1) is 11.0 Å². The maximum absolute atomic E-state index is 10.7. The summed E-state index contributed by atoms with van der Waals surface area (Å²) < 4.78 is 5.44. The largest absolute Gasteiger partial charge is 0.381 e. The van der Waals surface area contributed by atoms with Crippen LogP contribution in [0.15, 0.2) is 24.3 Å². The van der Waals surface area contributed by atoms with Gasteiger partial charge in [0, 0.05) is 44.4 Å². The molecule has 6 nitrogen and oxygen atoms in total. The minimum absolute atomic E-state index is 0.124. The number of ether oxygens (including phenoxy) is 1. The number of piperidine rings is 1. The lowest BCUT2D eigenvalue weighted by Gasteiger charge is -2.42. The molecule has 3 atom stereocenters. The zero-order chi connectivity index (χ0) is 15.4. The normalized spacial score (nSPS) is 24.7. The lowest BCUT2D eigenvalue weighted by molar-refractivity contribution is -0.384. The highest BCUT2D eigenvalue weighted by Gasteiger charge is 2.31. The number of nitrogens with zero attached hydrogens (tertiary/aromatic N) is 2. The number of methoxy groups -OCH3 is 1. The van der Waals surface area contributed by atoms with Gasteiger partial charge in [0.15, 0.2) is 0 Å². The van der Waals surface area contributed by atoms with Crippen LogP contribution in [-0.4, -0.2) is 42.2 Å². The fraction of sp³-hybridized carbons (Fsp3) is 0.600. The maximum Gasteiger partial charge on any atom is 0.269 e. The predicted octanol–water partition coefficient (Wildman–Crippen LogP) is 2.09. The number of nitro benzene ring substituents is 1. The highest BCUT2D eigenvalue weighted by molar-refractivity contribution is 5.34. The minimum atomic E-state index is -0.374. The third-order valence-corrected chi connectivity index (χ3v) is 4.40. The van der Waals surface area contributed by atoms with Crippen LogP contribution in [0.4, 0.5) is 5.69 Å². The Hall–Kier alpha value is -1.50. The van der Waals surface area contributed by atoms with Crippen molar-refractivity contribution in [1.82, 2.24) is 4.90 Å². The number of rotatable bonds is 5. The van der Waals surface area contributed by atoms with Crippen molar-refractivity contribution in [3.8, 4) is 0 Å². The summed E-state index contributed by atoms with van der Waals surface area (Å²) in [5.74, 6) is 0. The molecule has 1 aromatic rings. The second-order valence-electron chi connectivity index (χ2n) is 5.53. The molecule has 3 unspecified atom stereocenters. The van der Waals surface area contributed by atoms with Gasteiger partial charge in [-0.05, 0) is 25.3 Å². The molecular formula is C15H23N3O3. The molecule has 1 aliphatic heterocycles. The maximum atomic E-state index is 10.7. The number of hydrogen-bond acceptors (Lipinski definition) is 5. The zero-order valence-corrected chi connectivity index (χ0v) is 12.6. The Kier molecular flexibility index (Phi) is 5.27. The van der Waals surface area contributed by atoms with E-state index in [0.717, 1.165) is 24.9 Å². The highest BCUT2D eigenvalue weighted by Crippen LogP contribution is 2.29. The molecule has 0 saturated carbocycles. The molecule has 116 valence electrons. The van der Waals surface area contributed by atoms with Crippen LogP contribution in [0.25, 0.3) is 0 Å². The molecule has 1 heterocycles. The Balaban J connectivity index is 2.11. The quantitative estimate of drug-likeness (QED) is 0.664. The summed E-state index contributed by atoms with van der Waals surface area (Å²) in [5, 5.41) is 10.7. The van der Waals surface area contributed by atoms with Crippen molar-refractivity contribution in [2.45, 2.75) is 38.0 Å². The van der Waals surface area contributed by atoms with Crippen molar-refractivity contribution < 1.29 is 9.66 Å². The molecule has 6 heteroatoms. The van der Waals surface area contributed by atoms with Crippen molar-refractivity contribution in [3.05, 3.63) is 39.9 Å². The van der Waals surface area contributed by atoms with Crippen LogP contribution in [0.5, 0.6) is 0 Å². The Morgan fingerprint density at radius 2 is 2.14 bits per heavy atom. The van der Waals surface area contributed by atoms with Crippen LogP contribution >= 0.6 is 0 Å². The lowest BCUT2D eigenvalue weighted by atomic mass is 9.95. The molecule has 0 aliphatic carbocycles. The van der Waals surface area contributed by atoms with Gasteiger partial charge in [0.25, 0.3) is 5.69 Å². The molecule has 0 bridgehead atoms. The van der Waals surface area contributed by atoms with Crippen LogP contribution in [0, 0.1) is 10.1 Å². The summed E-state index contributed by atoms with van der Waals surface area (Å²) >= 11 is 0. The predicted molar refractivity (Wildman–Crippen MR) is 81.1 cm³/mol. The lowest BCUT2D eigenvalue weighted by Crippen LogP contribution is -2.49. The molecule has 2 rings (SSSR count). The van der Waals surface area contributed by atoms with Crippen molar-refractivity contribution in [2.24, 2.45) is 5.73 Å². The van der Waals surface area contributed by atoms with Crippen LogP contribution in [0.3, 0.4) is 0 Å². The van der Waals surface area contributed by atoms with Crippen LogP contribution in [-0.2, 0) is 4.74 Å². The third kappa shape index (κ3) is 3.58. The Morgan fingerprint density at radius 1 is 1.48 bits per heavy atom. The molecule has 1 aliphatic rings. The van der Waals surface area contributed by atoms with Gasteiger partial charge in [-0.2, -0.15) is 0 Å². The molecule has 0 amide bonds. The number of likely N-dealkylation sites (tertiary alicyclic amines) is 1. The highest BCUT2D eigenvalue weighted by atomic mass is 16.6. The third-order valence-electron chi connectivity index (χ3n) is 4.40. The molecule has 0 radical (unpaired) electrons. The van der Waals surface area contributed by atoms with E-state index in [1.165, 1.54) is 0 Å². The van der Waals surface area contributed by atoms with Crippen LogP contribution < -0.4 is 5.73 Å². The summed E-state index contributed by atoms with van der Waals surface area (Å²) in [4.78, 5) is 12.7. The average molecular weight is 293 g/mol. The van der Waals surface area contributed by atoms with E-state index in [1.54, 1.807) is 19.2 Å². The van der Waals surface area contributed by atoms with E-state index in [-0.39, 0.29) is 28.8 Å². The van der Waals surface area contributed by atoms with Gasteiger partial charge in [0.2, 0.25) is 0 Å². The molecular weight excluding hydrogens is 270 g/mol. The Bertz CT molecular complexity index is 478. The molecule has 2 N–H and O–H groups in total. The number of nitrogens with two attached hydrogens (primary N) is 1. The van der Waals surface area contributed by atoms with Gasteiger partial charge < -0.3 is 10.5 Å². The zero-order valence-electron chi connectivity index (χ0n) is 12.6.